The molecule has 0 aliphatic rings. The van der Waals surface area contributed by atoms with Crippen LogP contribution >= 0.6 is 11.6 Å². The van der Waals surface area contributed by atoms with E-state index in [4.69, 9.17) is 16.3 Å². The molecule has 5 heteroatoms. The molecule has 0 saturated carbocycles. The van der Waals surface area contributed by atoms with Gasteiger partial charge >= 0.3 is 0 Å². The molecule has 2 rings (SSSR count). The van der Waals surface area contributed by atoms with Crippen molar-refractivity contribution in [1.82, 2.24) is 14.9 Å². The quantitative estimate of drug-likeness (QED) is 0.792. The van der Waals surface area contributed by atoms with Gasteiger partial charge in [-0.1, -0.05) is 17.7 Å². The highest BCUT2D eigenvalue weighted by molar-refractivity contribution is 6.31. The molecule has 0 fully saturated rings. The molecular weight excluding hydrogens is 262 g/mol. The van der Waals surface area contributed by atoms with E-state index < -0.39 is 0 Å². The van der Waals surface area contributed by atoms with Gasteiger partial charge in [-0.25, -0.2) is 4.98 Å². The fourth-order valence-corrected chi connectivity index (χ4v) is 2.10. The Morgan fingerprint density at radius 2 is 2.32 bits per heavy atom. The van der Waals surface area contributed by atoms with Crippen LogP contribution < -0.4 is 10.1 Å². The molecule has 2 aromatic rings. The van der Waals surface area contributed by atoms with Crippen LogP contribution in [-0.2, 0) is 13.1 Å². The fourth-order valence-electron chi connectivity index (χ4n) is 1.87. The van der Waals surface area contributed by atoms with Crippen molar-refractivity contribution in [1.29, 1.82) is 0 Å². The first-order valence-electron chi connectivity index (χ1n) is 6.32. The Labute approximate surface area is 118 Å². The highest BCUT2D eigenvalue weighted by Gasteiger charge is 2.07. The molecule has 102 valence electrons. The molecular formula is C14H18ClN3O. The van der Waals surface area contributed by atoms with Crippen LogP contribution in [0.3, 0.4) is 0 Å². The number of halogens is 1. The summed E-state index contributed by atoms with van der Waals surface area (Å²) in [6.07, 6.45) is 6.47. The minimum absolute atomic E-state index is 0.662. The lowest BCUT2D eigenvalue weighted by Gasteiger charge is -2.12. The van der Waals surface area contributed by atoms with Crippen molar-refractivity contribution in [2.45, 2.75) is 19.5 Å². The van der Waals surface area contributed by atoms with E-state index in [2.05, 4.69) is 10.3 Å². The second-order valence-corrected chi connectivity index (χ2v) is 4.66. The van der Waals surface area contributed by atoms with Gasteiger partial charge in [0.1, 0.15) is 5.75 Å². The number of aromatic nitrogens is 2. The Balaban J connectivity index is 1.86. The number of imidazole rings is 1. The largest absolute Gasteiger partial charge is 0.493 e. The van der Waals surface area contributed by atoms with E-state index in [1.807, 2.05) is 42.3 Å². The fraction of sp³-hybridized carbons (Fsp3) is 0.357. The predicted molar refractivity (Wildman–Crippen MR) is 76.6 cm³/mol. The van der Waals surface area contributed by atoms with Crippen LogP contribution in [-0.4, -0.2) is 23.2 Å². The van der Waals surface area contributed by atoms with Crippen molar-refractivity contribution in [2.24, 2.45) is 0 Å². The first-order valence-corrected chi connectivity index (χ1v) is 6.69. The maximum absolute atomic E-state index is 6.17. The van der Waals surface area contributed by atoms with E-state index in [1.54, 1.807) is 6.20 Å². The summed E-state index contributed by atoms with van der Waals surface area (Å²) in [6.45, 7) is 2.27. The third-order valence-corrected chi connectivity index (χ3v) is 3.16. The Morgan fingerprint density at radius 1 is 1.42 bits per heavy atom. The Morgan fingerprint density at radius 3 is 3.05 bits per heavy atom. The maximum atomic E-state index is 6.17. The molecule has 0 radical (unpaired) electrons. The molecule has 1 aromatic carbocycles. The molecule has 0 atom stereocenters. The average molecular weight is 280 g/mol. The molecule has 0 saturated heterocycles. The van der Waals surface area contributed by atoms with Gasteiger partial charge in [0.25, 0.3) is 0 Å². The zero-order chi connectivity index (χ0) is 13.5. The molecule has 1 N–H and O–H groups in total. The topological polar surface area (TPSA) is 39.1 Å². The van der Waals surface area contributed by atoms with Gasteiger partial charge in [-0.05, 0) is 25.6 Å². The number of benzene rings is 1. The molecule has 0 spiro atoms. The Hall–Kier alpha value is -1.52. The lowest BCUT2D eigenvalue weighted by Crippen LogP contribution is -2.09. The number of aryl methyl sites for hydroxylation is 1. The Kier molecular flexibility index (Phi) is 5.24. The molecule has 0 unspecified atom stereocenters. The summed E-state index contributed by atoms with van der Waals surface area (Å²) in [4.78, 5) is 4.01. The third-order valence-electron chi connectivity index (χ3n) is 2.81. The minimum Gasteiger partial charge on any atom is -0.493 e. The van der Waals surface area contributed by atoms with Crippen molar-refractivity contribution in [2.75, 3.05) is 13.7 Å². The van der Waals surface area contributed by atoms with Gasteiger partial charge in [0.05, 0.1) is 12.9 Å². The molecule has 4 nitrogen and oxygen atoms in total. The number of hydrogen-bond acceptors (Lipinski definition) is 3. The lowest BCUT2D eigenvalue weighted by atomic mass is 10.2. The lowest BCUT2D eigenvalue weighted by molar-refractivity contribution is 0.298. The summed E-state index contributed by atoms with van der Waals surface area (Å²) in [6, 6.07) is 5.75. The van der Waals surface area contributed by atoms with E-state index in [0.717, 1.165) is 29.3 Å². The maximum Gasteiger partial charge on any atom is 0.125 e. The number of ether oxygens (including phenoxy) is 1. The first kappa shape index (κ1) is 13.9. The van der Waals surface area contributed by atoms with Crippen molar-refractivity contribution in [3.8, 4) is 5.75 Å². The Bertz CT molecular complexity index is 499. The number of rotatable bonds is 7. The van der Waals surface area contributed by atoms with Gasteiger partial charge in [-0.2, -0.15) is 0 Å². The molecule has 0 aliphatic heterocycles. The normalized spacial score (nSPS) is 10.6. The van der Waals surface area contributed by atoms with Gasteiger partial charge in [-0.3, -0.25) is 0 Å². The van der Waals surface area contributed by atoms with E-state index in [0.29, 0.717) is 13.2 Å². The van der Waals surface area contributed by atoms with Gasteiger partial charge < -0.3 is 14.6 Å². The average Bonchev–Trinajstić information content (AvgIpc) is 2.91. The zero-order valence-corrected chi connectivity index (χ0v) is 11.7. The van der Waals surface area contributed by atoms with Crippen LogP contribution in [0.2, 0.25) is 5.02 Å². The predicted octanol–water partition coefficient (Wildman–Crippen LogP) is 2.73. The van der Waals surface area contributed by atoms with Crippen molar-refractivity contribution < 1.29 is 4.74 Å². The standard InChI is InChI=1S/C14H18ClN3O/c1-16-10-12-13(15)4-2-5-14(12)19-9-3-7-18-8-6-17-11-18/h2,4-6,8,11,16H,3,7,9-10H2,1H3. The number of nitrogens with one attached hydrogen (secondary N) is 1. The SMILES string of the molecule is CNCc1c(Cl)cccc1OCCCn1ccnc1. The molecule has 19 heavy (non-hydrogen) atoms. The summed E-state index contributed by atoms with van der Waals surface area (Å²) >= 11 is 6.17. The zero-order valence-electron chi connectivity index (χ0n) is 11.0. The first-order chi connectivity index (χ1) is 9.31. The van der Waals surface area contributed by atoms with Gasteiger partial charge in [0.2, 0.25) is 0 Å². The van der Waals surface area contributed by atoms with Gasteiger partial charge in [-0.15, -0.1) is 0 Å². The summed E-state index contributed by atoms with van der Waals surface area (Å²) < 4.78 is 7.85. The van der Waals surface area contributed by atoms with Gasteiger partial charge in [0.15, 0.2) is 0 Å². The van der Waals surface area contributed by atoms with Crippen LogP contribution in [0.5, 0.6) is 5.75 Å². The van der Waals surface area contributed by atoms with Crippen molar-refractivity contribution in [3.05, 3.63) is 47.5 Å². The van der Waals surface area contributed by atoms with Crippen LogP contribution in [0.25, 0.3) is 0 Å². The summed E-state index contributed by atoms with van der Waals surface area (Å²) in [5.41, 5.74) is 1.01. The third kappa shape index (κ3) is 3.98. The van der Waals surface area contributed by atoms with E-state index >= 15 is 0 Å². The molecule has 0 aliphatic carbocycles. The van der Waals surface area contributed by atoms with Crippen LogP contribution in [0, 0.1) is 0 Å². The summed E-state index contributed by atoms with van der Waals surface area (Å²) in [7, 11) is 1.89. The summed E-state index contributed by atoms with van der Waals surface area (Å²) in [5, 5.41) is 3.84. The van der Waals surface area contributed by atoms with Gasteiger partial charge in [0, 0.05) is 36.1 Å². The second kappa shape index (κ2) is 7.16. The molecule has 1 aromatic heterocycles. The number of hydrogen-bond donors (Lipinski definition) is 1. The van der Waals surface area contributed by atoms with Crippen molar-refractivity contribution >= 4 is 11.6 Å². The van der Waals surface area contributed by atoms with E-state index in [-0.39, 0.29) is 0 Å². The monoisotopic (exact) mass is 279 g/mol. The smallest absolute Gasteiger partial charge is 0.125 e. The molecule has 0 bridgehead atoms. The minimum atomic E-state index is 0.662. The van der Waals surface area contributed by atoms with Crippen molar-refractivity contribution in [3.63, 3.8) is 0 Å². The van der Waals surface area contributed by atoms with Crippen LogP contribution in [0.1, 0.15) is 12.0 Å². The van der Waals surface area contributed by atoms with Crippen LogP contribution in [0.15, 0.2) is 36.9 Å². The molecule has 1 heterocycles. The van der Waals surface area contributed by atoms with Crippen LogP contribution in [0.4, 0.5) is 0 Å². The highest BCUT2D eigenvalue weighted by atomic mass is 35.5. The molecule has 0 amide bonds. The van der Waals surface area contributed by atoms with E-state index in [1.165, 1.54) is 0 Å². The van der Waals surface area contributed by atoms with E-state index in [9.17, 15) is 0 Å². The number of nitrogens with zero attached hydrogens (tertiary/aromatic N) is 2. The summed E-state index contributed by atoms with van der Waals surface area (Å²) in [5.74, 6) is 0.854. The second-order valence-electron chi connectivity index (χ2n) is 4.25. The highest BCUT2D eigenvalue weighted by Crippen LogP contribution is 2.26.